The normalized spacial score (nSPS) is 11.9. The van der Waals surface area contributed by atoms with Gasteiger partial charge in [-0.1, -0.05) is 45.7 Å². The molecule has 1 heterocycles. The Morgan fingerprint density at radius 3 is 2.32 bits per heavy atom. The predicted octanol–water partition coefficient (Wildman–Crippen LogP) is 4.78. The van der Waals surface area contributed by atoms with Crippen molar-refractivity contribution in [3.8, 4) is 0 Å². The first kappa shape index (κ1) is 23.5. The van der Waals surface area contributed by atoms with Crippen molar-refractivity contribution in [1.82, 2.24) is 4.98 Å². The fraction of sp³-hybridized carbons (Fsp3) is 0.214. The van der Waals surface area contributed by atoms with Gasteiger partial charge in [0.15, 0.2) is 0 Å². The topological polar surface area (TPSA) is 70.4 Å². The average Bonchev–Trinajstić information content (AvgIpc) is 2.48. The molecule has 2 rings (SSSR count). The molecule has 0 amide bonds. The van der Waals surface area contributed by atoms with Crippen LogP contribution in [0.3, 0.4) is 0 Å². The molecule has 0 saturated carbocycles. The number of rotatable bonds is 6. The van der Waals surface area contributed by atoms with Gasteiger partial charge in [0.05, 0.1) is 0 Å². The summed E-state index contributed by atoms with van der Waals surface area (Å²) in [4.78, 5) is 21.6. The molecule has 25 heavy (non-hydrogen) atoms. The van der Waals surface area contributed by atoms with Crippen LogP contribution in [0, 0.1) is 0 Å². The molecule has 2 aromatic rings. The van der Waals surface area contributed by atoms with Crippen LogP contribution in [0.15, 0.2) is 41.0 Å². The van der Waals surface area contributed by atoms with E-state index in [4.69, 9.17) is 21.4 Å². The zero-order valence-corrected chi connectivity index (χ0v) is 19.0. The van der Waals surface area contributed by atoms with E-state index in [2.05, 4.69) is 20.9 Å². The third kappa shape index (κ3) is 6.26. The van der Waals surface area contributed by atoms with Crippen molar-refractivity contribution >= 4 is 76.4 Å². The van der Waals surface area contributed by atoms with Crippen LogP contribution in [-0.2, 0) is 21.7 Å². The zero-order valence-electron chi connectivity index (χ0n) is 13.0. The largest absolute Gasteiger partial charge is 0.399 e. The molecule has 0 atom stereocenters. The van der Waals surface area contributed by atoms with Crippen molar-refractivity contribution < 1.29 is 23.1 Å². The number of hydrogen-bond donors (Lipinski definition) is 2. The summed E-state index contributed by atoms with van der Waals surface area (Å²) < 4.78 is 38.4. The molecule has 131 valence electrons. The van der Waals surface area contributed by atoms with Crippen molar-refractivity contribution in [1.29, 1.82) is 0 Å². The molecular formula is C14H12BrClF2NNaO3PS. The second-order valence-electron chi connectivity index (χ2n) is 4.88. The van der Waals surface area contributed by atoms with E-state index >= 15 is 0 Å². The van der Waals surface area contributed by atoms with Crippen molar-refractivity contribution in [2.24, 2.45) is 0 Å². The quantitative estimate of drug-likeness (QED) is 0.353. The van der Waals surface area contributed by atoms with E-state index in [0.29, 0.717) is 16.7 Å². The molecule has 1 aromatic carbocycles. The fourth-order valence-electron chi connectivity index (χ4n) is 1.83. The molecule has 4 nitrogen and oxygen atoms in total. The van der Waals surface area contributed by atoms with Crippen LogP contribution in [0.25, 0.3) is 0 Å². The van der Waals surface area contributed by atoms with Crippen molar-refractivity contribution in [3.63, 3.8) is 0 Å². The number of hydrogen-bond acceptors (Lipinski definition) is 3. The Morgan fingerprint density at radius 2 is 1.80 bits per heavy atom. The molecule has 0 spiro atoms. The van der Waals surface area contributed by atoms with E-state index in [-0.39, 0.29) is 34.0 Å². The molecule has 0 bridgehead atoms. The number of nitrogens with zero attached hydrogens (tertiary/aromatic N) is 1. The van der Waals surface area contributed by atoms with Crippen LogP contribution in [0.5, 0.6) is 0 Å². The summed E-state index contributed by atoms with van der Waals surface area (Å²) in [5.41, 5.74) is -3.23. The SMILES string of the molecule is O=P(O)(O)C(F)(F)c1ccc(CSCc2ccc(Cl)nc2)cc1Br.[Na]. The van der Waals surface area contributed by atoms with Crippen molar-refractivity contribution in [2.45, 2.75) is 17.2 Å². The van der Waals surface area contributed by atoms with E-state index in [9.17, 15) is 13.3 Å². The molecule has 0 aliphatic heterocycles. The van der Waals surface area contributed by atoms with Gasteiger partial charge in [-0.05, 0) is 23.3 Å². The Morgan fingerprint density at radius 1 is 1.20 bits per heavy atom. The number of alkyl halides is 2. The Balaban J connectivity index is 0.00000312. The predicted molar refractivity (Wildman–Crippen MR) is 100 cm³/mol. The van der Waals surface area contributed by atoms with Crippen LogP contribution in [0.4, 0.5) is 8.78 Å². The minimum Gasteiger partial charge on any atom is -0.320 e. The van der Waals surface area contributed by atoms with Crippen LogP contribution in [-0.4, -0.2) is 44.3 Å². The fourth-order valence-corrected chi connectivity index (χ4v) is 4.20. The van der Waals surface area contributed by atoms with Gasteiger partial charge in [-0.25, -0.2) is 4.98 Å². The van der Waals surface area contributed by atoms with Crippen LogP contribution in [0.2, 0.25) is 5.15 Å². The van der Waals surface area contributed by atoms with Gasteiger partial charge < -0.3 is 9.79 Å². The number of aromatic nitrogens is 1. The standard InChI is InChI=1S/C14H12BrClF2NO3PS.Na/c15-12-5-9(1-3-11(12)14(17,18)23(20,21)22)7-24-8-10-2-4-13(16)19-6-10;/h1-6H,7-8H2,(H2,20,21,22);. The van der Waals surface area contributed by atoms with Crippen LogP contribution >= 0.6 is 46.9 Å². The van der Waals surface area contributed by atoms with Gasteiger partial charge in [0.2, 0.25) is 0 Å². The van der Waals surface area contributed by atoms with E-state index in [1.807, 2.05) is 6.07 Å². The molecule has 0 aliphatic rings. The number of halogens is 4. The van der Waals surface area contributed by atoms with Gasteiger partial charge in [-0.2, -0.15) is 20.5 Å². The maximum Gasteiger partial charge on any atom is 0.399 e. The first-order chi connectivity index (χ1) is 11.1. The summed E-state index contributed by atoms with van der Waals surface area (Å²) in [6.45, 7) is 0. The molecule has 0 unspecified atom stereocenters. The monoisotopic (exact) mass is 480 g/mol. The van der Waals surface area contributed by atoms with E-state index in [0.717, 1.165) is 17.2 Å². The number of pyridine rings is 1. The summed E-state index contributed by atoms with van der Waals surface area (Å²) in [5, 5.41) is 0.411. The summed E-state index contributed by atoms with van der Waals surface area (Å²) in [6.07, 6.45) is 1.66. The van der Waals surface area contributed by atoms with E-state index in [1.54, 1.807) is 24.0 Å². The van der Waals surface area contributed by atoms with Gasteiger partial charge in [-0.15, -0.1) is 0 Å². The second-order valence-corrected chi connectivity index (χ2v) is 8.76. The summed E-state index contributed by atoms with van der Waals surface area (Å²) >= 11 is 10.2. The molecule has 2 N–H and O–H groups in total. The average molecular weight is 482 g/mol. The first-order valence-electron chi connectivity index (χ1n) is 6.52. The van der Waals surface area contributed by atoms with Gasteiger partial charge in [0, 0.05) is 57.3 Å². The Kier molecular flexibility index (Phi) is 9.06. The number of thioether (sulfide) groups is 1. The van der Waals surface area contributed by atoms with Crippen molar-refractivity contribution in [3.05, 3.63) is 62.8 Å². The van der Waals surface area contributed by atoms with Gasteiger partial charge >= 0.3 is 13.3 Å². The van der Waals surface area contributed by atoms with Crippen molar-refractivity contribution in [2.75, 3.05) is 0 Å². The first-order valence-corrected chi connectivity index (χ1v) is 10.5. The molecular weight excluding hydrogens is 470 g/mol. The van der Waals surface area contributed by atoms with E-state index in [1.165, 1.54) is 12.1 Å². The van der Waals surface area contributed by atoms with E-state index < -0.39 is 18.8 Å². The minimum absolute atomic E-state index is 0. The third-order valence-corrected chi connectivity index (χ3v) is 5.98. The summed E-state index contributed by atoms with van der Waals surface area (Å²) in [5.74, 6) is 1.21. The Labute approximate surface area is 183 Å². The zero-order chi connectivity index (χ0) is 18.0. The third-order valence-electron chi connectivity index (χ3n) is 3.05. The van der Waals surface area contributed by atoms with Gasteiger partial charge in [0.25, 0.3) is 0 Å². The smallest absolute Gasteiger partial charge is 0.320 e. The molecule has 0 fully saturated rings. The molecule has 1 radical (unpaired) electrons. The van der Waals surface area contributed by atoms with Crippen LogP contribution < -0.4 is 0 Å². The number of benzene rings is 1. The maximum atomic E-state index is 13.7. The minimum atomic E-state index is -5.58. The Bertz CT molecular complexity index is 779. The van der Waals surface area contributed by atoms with Gasteiger partial charge in [-0.3, -0.25) is 4.57 Å². The van der Waals surface area contributed by atoms with Gasteiger partial charge in [0.1, 0.15) is 5.15 Å². The molecule has 0 saturated heterocycles. The molecule has 11 heteroatoms. The molecule has 1 aromatic heterocycles. The second kappa shape index (κ2) is 9.62. The molecule has 0 aliphatic carbocycles. The summed E-state index contributed by atoms with van der Waals surface area (Å²) in [7, 11) is -5.58. The maximum absolute atomic E-state index is 13.7. The Hall–Kier alpha value is 0.500. The summed E-state index contributed by atoms with van der Waals surface area (Å²) in [6, 6.07) is 7.43. The van der Waals surface area contributed by atoms with Crippen LogP contribution in [0.1, 0.15) is 16.7 Å².